The highest BCUT2D eigenvalue weighted by Crippen LogP contribution is 2.32. The third kappa shape index (κ3) is 6.93. The number of nitrogens with two attached hydrogens (primary N) is 2. The first kappa shape index (κ1) is 28.3. The van der Waals surface area contributed by atoms with Gasteiger partial charge in [0.1, 0.15) is 11.9 Å². The number of rotatable bonds is 9. The first-order valence-electron chi connectivity index (χ1n) is 10.8. The van der Waals surface area contributed by atoms with Gasteiger partial charge in [-0.15, -0.1) is 0 Å². The number of hydrogen-bond acceptors (Lipinski definition) is 6. The third-order valence-corrected chi connectivity index (χ3v) is 8.25. The zero-order valence-electron chi connectivity index (χ0n) is 20.0. The molecule has 0 spiro atoms. The highest BCUT2D eigenvalue weighted by atomic mass is 35.5. The van der Waals surface area contributed by atoms with Gasteiger partial charge in [0.15, 0.2) is 0 Å². The molecule has 0 unspecified atom stereocenters. The molecule has 13 heteroatoms. The molecule has 0 aliphatic heterocycles. The maximum absolute atomic E-state index is 13.3. The molecule has 0 aliphatic rings. The van der Waals surface area contributed by atoms with Gasteiger partial charge in [0.05, 0.1) is 21.9 Å². The number of carbonyl (C=O) groups is 1. The van der Waals surface area contributed by atoms with Crippen LogP contribution in [0.2, 0.25) is 5.02 Å². The van der Waals surface area contributed by atoms with E-state index in [0.29, 0.717) is 22.3 Å². The van der Waals surface area contributed by atoms with Crippen LogP contribution in [0, 0.1) is 5.41 Å². The summed E-state index contributed by atoms with van der Waals surface area (Å²) in [5, 5.41) is 15.7. The van der Waals surface area contributed by atoms with Crippen LogP contribution < -0.4 is 16.2 Å². The smallest absolute Gasteiger partial charge is 0.243 e. The van der Waals surface area contributed by atoms with Crippen LogP contribution >= 0.6 is 11.6 Å². The van der Waals surface area contributed by atoms with Crippen molar-refractivity contribution in [1.82, 2.24) is 4.31 Å². The van der Waals surface area contributed by atoms with E-state index in [1.54, 1.807) is 48.5 Å². The van der Waals surface area contributed by atoms with Crippen molar-refractivity contribution < 1.29 is 21.6 Å². The zero-order valence-corrected chi connectivity index (χ0v) is 22.4. The van der Waals surface area contributed by atoms with Crippen LogP contribution in [0.5, 0.6) is 0 Å². The van der Waals surface area contributed by atoms with Crippen molar-refractivity contribution in [2.45, 2.75) is 17.4 Å². The monoisotopic (exact) mass is 563 g/mol. The van der Waals surface area contributed by atoms with E-state index < -0.39 is 32.0 Å². The highest BCUT2D eigenvalue weighted by molar-refractivity contribution is 7.89. The minimum atomic E-state index is -3.99. The number of nitrogen functional groups attached to an aromatic ring is 1. The summed E-state index contributed by atoms with van der Waals surface area (Å²) < 4.78 is 49.5. The predicted molar refractivity (Wildman–Crippen MR) is 144 cm³/mol. The van der Waals surface area contributed by atoms with Gasteiger partial charge >= 0.3 is 0 Å². The van der Waals surface area contributed by atoms with Gasteiger partial charge in [-0.3, -0.25) is 10.2 Å². The molecule has 1 amide bonds. The van der Waals surface area contributed by atoms with Gasteiger partial charge in [-0.2, -0.15) is 4.31 Å². The van der Waals surface area contributed by atoms with Gasteiger partial charge in [-0.25, -0.2) is 22.0 Å². The Hall–Kier alpha value is -3.29. The number of anilines is 1. The van der Waals surface area contributed by atoms with E-state index in [1.807, 2.05) is 0 Å². The Kier molecular flexibility index (Phi) is 8.40. The first-order chi connectivity index (χ1) is 17.2. The summed E-state index contributed by atoms with van der Waals surface area (Å²) in [5.74, 6) is -0.795. The van der Waals surface area contributed by atoms with E-state index in [9.17, 15) is 21.6 Å². The second kappa shape index (κ2) is 11.0. The standard InChI is InChI=1S/C24H26ClN5O5S2/c1-30(36(2,32)33)21(13-15-6-5-7-17(12-15)23(26)27)24(31)29-20-11-10-16(14-19(20)25)18-8-3-4-9-22(18)37(28,34)35/h3-12,14,21H,13H2,1-2H3,(H3,26,27)(H,29,31)(H2,28,34,35)/t21-/m0/s1. The van der Waals surface area contributed by atoms with Crippen LogP contribution in [0.1, 0.15) is 11.1 Å². The second-order valence-corrected chi connectivity index (χ2v) is 12.3. The fourth-order valence-corrected chi connectivity index (χ4v) is 5.28. The van der Waals surface area contributed by atoms with Crippen molar-refractivity contribution in [3.8, 4) is 11.1 Å². The Morgan fingerprint density at radius 2 is 1.73 bits per heavy atom. The van der Waals surface area contributed by atoms with Crippen molar-refractivity contribution in [2.75, 3.05) is 18.6 Å². The Morgan fingerprint density at radius 1 is 1.05 bits per heavy atom. The largest absolute Gasteiger partial charge is 0.384 e. The zero-order chi connectivity index (χ0) is 27.5. The van der Waals surface area contributed by atoms with Crippen molar-refractivity contribution in [3.63, 3.8) is 0 Å². The molecule has 0 radical (unpaired) electrons. The minimum Gasteiger partial charge on any atom is -0.384 e. The maximum atomic E-state index is 13.3. The first-order valence-corrected chi connectivity index (χ1v) is 14.5. The number of nitrogens with one attached hydrogen (secondary N) is 2. The summed E-state index contributed by atoms with van der Waals surface area (Å²) in [4.78, 5) is 13.2. The number of benzene rings is 3. The number of amides is 1. The molecule has 0 saturated heterocycles. The third-order valence-electron chi connectivity index (χ3n) is 5.66. The van der Waals surface area contributed by atoms with Crippen LogP contribution in [0.25, 0.3) is 11.1 Å². The van der Waals surface area contributed by atoms with Crippen LogP contribution in [-0.2, 0) is 31.3 Å². The number of primary sulfonamides is 1. The molecule has 3 aromatic rings. The van der Waals surface area contributed by atoms with Crippen LogP contribution in [0.3, 0.4) is 0 Å². The number of carbonyl (C=O) groups excluding carboxylic acids is 1. The number of likely N-dealkylation sites (N-methyl/N-ethyl adjacent to an activating group) is 1. The van der Waals surface area contributed by atoms with Gasteiger partial charge in [0.25, 0.3) is 0 Å². The summed E-state index contributed by atoms with van der Waals surface area (Å²) >= 11 is 6.42. The van der Waals surface area contributed by atoms with Crippen molar-refractivity contribution in [2.24, 2.45) is 10.9 Å². The summed E-state index contributed by atoms with van der Waals surface area (Å²) in [6, 6.07) is 16.2. The van der Waals surface area contributed by atoms with E-state index in [1.165, 1.54) is 25.2 Å². The molecule has 0 aromatic heterocycles. The number of sulfonamides is 2. The molecule has 0 saturated carbocycles. The molecule has 3 aromatic carbocycles. The molecule has 37 heavy (non-hydrogen) atoms. The summed E-state index contributed by atoms with van der Waals surface area (Å²) in [6.07, 6.45) is 0.998. The molecule has 0 aliphatic carbocycles. The Labute approximate surface area is 220 Å². The molecule has 0 heterocycles. The molecule has 6 N–H and O–H groups in total. The molecular weight excluding hydrogens is 538 g/mol. The lowest BCUT2D eigenvalue weighted by Gasteiger charge is -2.26. The lowest BCUT2D eigenvalue weighted by atomic mass is 10.0. The fraction of sp³-hybridized carbons (Fsp3) is 0.167. The molecule has 196 valence electrons. The number of nitrogens with zero attached hydrogens (tertiary/aromatic N) is 1. The summed E-state index contributed by atoms with van der Waals surface area (Å²) in [7, 11) is -6.45. The summed E-state index contributed by atoms with van der Waals surface area (Å²) in [6.45, 7) is 0. The van der Waals surface area contributed by atoms with E-state index in [4.69, 9.17) is 27.9 Å². The normalized spacial score (nSPS) is 12.8. The highest BCUT2D eigenvalue weighted by Gasteiger charge is 2.30. The van der Waals surface area contributed by atoms with Crippen molar-refractivity contribution in [3.05, 3.63) is 82.9 Å². The van der Waals surface area contributed by atoms with Gasteiger partial charge in [0, 0.05) is 18.2 Å². The van der Waals surface area contributed by atoms with Crippen molar-refractivity contribution >= 4 is 49.1 Å². The molecule has 1 atom stereocenters. The maximum Gasteiger partial charge on any atom is 0.243 e. The van der Waals surface area contributed by atoms with E-state index >= 15 is 0 Å². The Balaban J connectivity index is 1.93. The fourth-order valence-electron chi connectivity index (χ4n) is 3.66. The number of amidine groups is 1. The predicted octanol–water partition coefficient (Wildman–Crippen LogP) is 2.38. The Morgan fingerprint density at radius 3 is 2.32 bits per heavy atom. The Bertz CT molecular complexity index is 1580. The SMILES string of the molecule is CN([C@@H](Cc1cccc(C(=N)N)c1)C(=O)Nc1ccc(-c2ccccc2S(N)(=O)=O)cc1Cl)S(C)(=O)=O. The number of halogens is 1. The van der Waals surface area contributed by atoms with Crippen LogP contribution in [-0.4, -0.2) is 52.2 Å². The molecule has 0 bridgehead atoms. The van der Waals surface area contributed by atoms with Gasteiger partial charge in [0.2, 0.25) is 26.0 Å². The second-order valence-electron chi connectivity index (χ2n) is 8.34. The van der Waals surface area contributed by atoms with E-state index in [2.05, 4.69) is 5.32 Å². The van der Waals surface area contributed by atoms with Crippen molar-refractivity contribution in [1.29, 1.82) is 5.41 Å². The topological polar surface area (TPSA) is 177 Å². The average Bonchev–Trinajstić information content (AvgIpc) is 2.82. The lowest BCUT2D eigenvalue weighted by molar-refractivity contribution is -0.119. The van der Waals surface area contributed by atoms with Gasteiger partial charge in [-0.1, -0.05) is 54.1 Å². The molecule has 10 nitrogen and oxygen atoms in total. The average molecular weight is 564 g/mol. The van der Waals surface area contributed by atoms with Gasteiger partial charge < -0.3 is 11.1 Å². The van der Waals surface area contributed by atoms with E-state index in [-0.39, 0.29) is 27.9 Å². The molecule has 0 fully saturated rings. The molecule has 3 rings (SSSR count). The summed E-state index contributed by atoms with van der Waals surface area (Å²) in [5.41, 5.74) is 7.59. The van der Waals surface area contributed by atoms with Crippen LogP contribution in [0.15, 0.2) is 71.6 Å². The lowest BCUT2D eigenvalue weighted by Crippen LogP contribution is -2.46. The quantitative estimate of drug-likeness (QED) is 0.229. The van der Waals surface area contributed by atoms with Crippen LogP contribution in [0.4, 0.5) is 5.69 Å². The molecular formula is C24H26ClN5O5S2. The van der Waals surface area contributed by atoms with Gasteiger partial charge in [-0.05, 0) is 41.8 Å². The number of hydrogen-bond donors (Lipinski definition) is 4. The minimum absolute atomic E-state index is 0.00790. The van der Waals surface area contributed by atoms with E-state index in [0.717, 1.165) is 10.6 Å².